The summed E-state index contributed by atoms with van der Waals surface area (Å²) in [4.78, 5) is 17.7. The molecule has 2 N–H and O–H groups in total. The Hall–Kier alpha value is -1.40. The minimum atomic E-state index is 0.00671. The summed E-state index contributed by atoms with van der Waals surface area (Å²) in [6, 6.07) is 0. The average molecular weight is 255 g/mol. The molecule has 1 amide bonds. The lowest BCUT2D eigenvalue weighted by Crippen LogP contribution is -2.35. The second kappa shape index (κ2) is 7.03. The fourth-order valence-electron chi connectivity index (χ4n) is 1.35. The third-order valence-corrected chi connectivity index (χ3v) is 2.89. The average Bonchev–Trinajstić information content (AvgIpc) is 2.70. The molecule has 0 aliphatic heterocycles. The summed E-state index contributed by atoms with van der Waals surface area (Å²) in [5.74, 6) is 0.00671. The molecular weight excluding hydrogens is 238 g/mol. The summed E-state index contributed by atoms with van der Waals surface area (Å²) in [6.07, 6.45) is 1.97. The number of hydrogen-bond acceptors (Lipinski definition) is 5. The van der Waals surface area contributed by atoms with E-state index in [0.717, 1.165) is 0 Å². The van der Waals surface area contributed by atoms with E-state index in [1.54, 1.807) is 23.5 Å². The van der Waals surface area contributed by atoms with Crippen LogP contribution >= 0.6 is 11.3 Å². The van der Waals surface area contributed by atoms with E-state index >= 15 is 0 Å². The molecule has 0 aliphatic rings. The quantitative estimate of drug-likeness (QED) is 0.736. The maximum Gasteiger partial charge on any atom is 0.228 e. The first-order chi connectivity index (χ1) is 8.17. The lowest BCUT2D eigenvalue weighted by Gasteiger charge is -2.20. The van der Waals surface area contributed by atoms with Crippen LogP contribution < -0.4 is 5.73 Å². The highest BCUT2D eigenvalue weighted by Gasteiger charge is 2.13. The van der Waals surface area contributed by atoms with E-state index in [0.29, 0.717) is 30.5 Å². The number of methoxy groups -OCH3 is 1. The normalized spacial score (nSPS) is 10.2. The van der Waals surface area contributed by atoms with Crippen LogP contribution in [0.3, 0.4) is 0 Å². The van der Waals surface area contributed by atoms with Crippen LogP contribution in [0.25, 0.3) is 0 Å². The number of aromatic nitrogens is 1. The smallest absolute Gasteiger partial charge is 0.228 e. The summed E-state index contributed by atoms with van der Waals surface area (Å²) in [5.41, 5.74) is 6.23. The van der Waals surface area contributed by atoms with Gasteiger partial charge in [0.2, 0.25) is 5.91 Å². The molecular formula is C11H17N3O2S. The maximum atomic E-state index is 12.0. The highest BCUT2D eigenvalue weighted by Crippen LogP contribution is 2.12. The first-order valence-electron chi connectivity index (χ1n) is 5.25. The Labute approximate surface area is 105 Å². The van der Waals surface area contributed by atoms with E-state index in [4.69, 9.17) is 10.5 Å². The van der Waals surface area contributed by atoms with Crippen molar-refractivity contribution in [1.29, 1.82) is 0 Å². The molecule has 5 nitrogen and oxygen atoms in total. The second-order valence-corrected chi connectivity index (χ2v) is 4.36. The van der Waals surface area contributed by atoms with Crippen molar-refractivity contribution in [1.82, 2.24) is 9.88 Å². The fourth-order valence-corrected chi connectivity index (χ4v) is 1.91. The van der Waals surface area contributed by atoms with Crippen LogP contribution in [-0.2, 0) is 16.0 Å². The van der Waals surface area contributed by atoms with E-state index in [1.807, 2.05) is 0 Å². The van der Waals surface area contributed by atoms with Crippen molar-refractivity contribution in [3.63, 3.8) is 0 Å². The lowest BCUT2D eigenvalue weighted by molar-refractivity contribution is -0.130. The van der Waals surface area contributed by atoms with Gasteiger partial charge in [0.15, 0.2) is 5.13 Å². The third-order valence-electron chi connectivity index (χ3n) is 2.17. The minimum Gasteiger partial charge on any atom is -0.383 e. The molecule has 6 heteroatoms. The summed E-state index contributed by atoms with van der Waals surface area (Å²) in [6.45, 7) is 5.22. The van der Waals surface area contributed by atoms with Gasteiger partial charge in [-0.05, 0) is 0 Å². The zero-order chi connectivity index (χ0) is 12.7. The SMILES string of the molecule is C=CCN(CCOC)C(=O)Cc1csc(N)n1. The van der Waals surface area contributed by atoms with E-state index < -0.39 is 0 Å². The molecule has 0 saturated carbocycles. The van der Waals surface area contributed by atoms with Crippen molar-refractivity contribution in [3.05, 3.63) is 23.7 Å². The van der Waals surface area contributed by atoms with Crippen molar-refractivity contribution < 1.29 is 9.53 Å². The fraction of sp³-hybridized carbons (Fsp3) is 0.455. The predicted octanol–water partition coefficient (Wildman–Crippen LogP) is 0.929. The zero-order valence-electron chi connectivity index (χ0n) is 9.89. The van der Waals surface area contributed by atoms with Gasteiger partial charge in [-0.3, -0.25) is 4.79 Å². The Morgan fingerprint density at radius 2 is 2.53 bits per heavy atom. The molecule has 0 aromatic carbocycles. The van der Waals surface area contributed by atoms with Crippen LogP contribution in [0.2, 0.25) is 0 Å². The first-order valence-corrected chi connectivity index (χ1v) is 6.12. The highest BCUT2D eigenvalue weighted by molar-refractivity contribution is 7.13. The Morgan fingerprint density at radius 3 is 3.06 bits per heavy atom. The number of anilines is 1. The molecule has 0 unspecified atom stereocenters. The summed E-state index contributed by atoms with van der Waals surface area (Å²) < 4.78 is 4.96. The zero-order valence-corrected chi connectivity index (χ0v) is 10.7. The molecule has 1 heterocycles. The molecule has 0 aliphatic carbocycles. The van der Waals surface area contributed by atoms with E-state index in [2.05, 4.69) is 11.6 Å². The number of carbonyl (C=O) groups is 1. The maximum absolute atomic E-state index is 12.0. The standard InChI is InChI=1S/C11H17N3O2S/c1-3-4-14(5-6-16-2)10(15)7-9-8-17-11(12)13-9/h3,8H,1,4-7H2,2H3,(H2,12,13). The van der Waals surface area contributed by atoms with Gasteiger partial charge in [-0.1, -0.05) is 6.08 Å². The molecule has 0 saturated heterocycles. The van der Waals surface area contributed by atoms with Gasteiger partial charge in [0.05, 0.1) is 18.7 Å². The van der Waals surface area contributed by atoms with E-state index in [9.17, 15) is 4.79 Å². The van der Waals surface area contributed by atoms with Crippen LogP contribution in [0.1, 0.15) is 5.69 Å². The van der Waals surface area contributed by atoms with E-state index in [1.165, 1.54) is 11.3 Å². The first kappa shape index (κ1) is 13.7. The summed E-state index contributed by atoms with van der Waals surface area (Å²) >= 11 is 1.34. The third kappa shape index (κ3) is 4.54. The van der Waals surface area contributed by atoms with Gasteiger partial charge in [-0.2, -0.15) is 0 Å². The molecule has 0 bridgehead atoms. The van der Waals surface area contributed by atoms with Crippen LogP contribution in [0.15, 0.2) is 18.0 Å². The molecule has 1 aromatic heterocycles. The number of carbonyl (C=O) groups excluding carboxylic acids is 1. The van der Waals surface area contributed by atoms with Crippen molar-refractivity contribution in [2.45, 2.75) is 6.42 Å². The summed E-state index contributed by atoms with van der Waals surface area (Å²) in [5, 5.41) is 2.29. The number of thiazole rings is 1. The molecule has 94 valence electrons. The van der Waals surface area contributed by atoms with Gasteiger partial charge in [-0.15, -0.1) is 17.9 Å². The highest BCUT2D eigenvalue weighted by atomic mass is 32.1. The van der Waals surface area contributed by atoms with Crippen LogP contribution in [-0.4, -0.2) is 42.6 Å². The number of amides is 1. The molecule has 0 atom stereocenters. The van der Waals surface area contributed by atoms with Crippen molar-refractivity contribution >= 4 is 22.4 Å². The Balaban J connectivity index is 2.54. The lowest BCUT2D eigenvalue weighted by atomic mass is 10.3. The second-order valence-electron chi connectivity index (χ2n) is 3.48. The number of nitrogens with zero attached hydrogens (tertiary/aromatic N) is 2. The van der Waals surface area contributed by atoms with Gasteiger partial charge >= 0.3 is 0 Å². The minimum absolute atomic E-state index is 0.00671. The van der Waals surface area contributed by atoms with Crippen LogP contribution in [0.5, 0.6) is 0 Å². The van der Waals surface area contributed by atoms with Crippen LogP contribution in [0, 0.1) is 0 Å². The van der Waals surface area contributed by atoms with Crippen LogP contribution in [0.4, 0.5) is 5.13 Å². The van der Waals surface area contributed by atoms with Gasteiger partial charge in [0, 0.05) is 25.6 Å². The number of rotatable bonds is 7. The molecule has 1 aromatic rings. The molecule has 1 rings (SSSR count). The van der Waals surface area contributed by atoms with Gasteiger partial charge in [-0.25, -0.2) is 4.98 Å². The predicted molar refractivity (Wildman–Crippen MR) is 68.9 cm³/mol. The molecule has 0 spiro atoms. The van der Waals surface area contributed by atoms with Gasteiger partial charge in [0.1, 0.15) is 0 Å². The number of nitrogens with two attached hydrogens (primary N) is 1. The number of ether oxygens (including phenoxy) is 1. The molecule has 0 radical (unpaired) electrons. The number of nitrogen functional groups attached to an aromatic ring is 1. The van der Waals surface area contributed by atoms with Crippen molar-refractivity contribution in [2.24, 2.45) is 0 Å². The Kier molecular flexibility index (Phi) is 5.65. The van der Waals surface area contributed by atoms with Gasteiger partial charge in [0.25, 0.3) is 0 Å². The van der Waals surface area contributed by atoms with Gasteiger partial charge < -0.3 is 15.4 Å². The Bertz CT molecular complexity index is 379. The molecule has 17 heavy (non-hydrogen) atoms. The topological polar surface area (TPSA) is 68.5 Å². The number of hydrogen-bond donors (Lipinski definition) is 1. The largest absolute Gasteiger partial charge is 0.383 e. The summed E-state index contributed by atoms with van der Waals surface area (Å²) in [7, 11) is 1.61. The van der Waals surface area contributed by atoms with Crippen molar-refractivity contribution in [2.75, 3.05) is 32.5 Å². The monoisotopic (exact) mass is 255 g/mol. The van der Waals surface area contributed by atoms with E-state index in [-0.39, 0.29) is 12.3 Å². The van der Waals surface area contributed by atoms with Crippen molar-refractivity contribution in [3.8, 4) is 0 Å². The molecule has 0 fully saturated rings. The Morgan fingerprint density at radius 1 is 1.76 bits per heavy atom.